The number of hydrogen-bond acceptors (Lipinski definition) is 2. The van der Waals surface area contributed by atoms with E-state index in [2.05, 4.69) is 5.32 Å². The van der Waals surface area contributed by atoms with Gasteiger partial charge in [0, 0.05) is 18.1 Å². The number of hydrogen-bond donors (Lipinski definition) is 1. The van der Waals surface area contributed by atoms with E-state index in [0.717, 1.165) is 50.5 Å². The SMILES string of the molecule is CN(CC(=O)NC1CC1)C(=O)C1(c2cccc(Cl)c2)CCCCC1. The minimum Gasteiger partial charge on any atom is -0.352 e. The zero-order chi connectivity index (χ0) is 17.2. The Morgan fingerprint density at radius 3 is 2.58 bits per heavy atom. The molecule has 130 valence electrons. The molecule has 0 spiro atoms. The van der Waals surface area contributed by atoms with Crippen molar-refractivity contribution in [3.63, 3.8) is 0 Å². The molecule has 1 N–H and O–H groups in total. The molecule has 1 aromatic rings. The van der Waals surface area contributed by atoms with Gasteiger partial charge in [-0.15, -0.1) is 0 Å². The molecular formula is C19H25ClN2O2. The van der Waals surface area contributed by atoms with Gasteiger partial charge in [0.25, 0.3) is 0 Å². The first-order valence-corrected chi connectivity index (χ1v) is 9.20. The third-order valence-corrected chi connectivity index (χ3v) is 5.40. The van der Waals surface area contributed by atoms with Crippen molar-refractivity contribution in [2.45, 2.75) is 56.4 Å². The van der Waals surface area contributed by atoms with Crippen LogP contribution in [0.15, 0.2) is 24.3 Å². The van der Waals surface area contributed by atoms with Gasteiger partial charge in [-0.05, 0) is 43.4 Å². The number of likely N-dealkylation sites (N-methyl/N-ethyl adjacent to an activating group) is 1. The van der Waals surface area contributed by atoms with E-state index in [1.54, 1.807) is 11.9 Å². The topological polar surface area (TPSA) is 49.4 Å². The smallest absolute Gasteiger partial charge is 0.239 e. The molecule has 0 saturated heterocycles. The number of halogens is 1. The third-order valence-electron chi connectivity index (χ3n) is 5.16. The molecule has 1 aromatic carbocycles. The molecule has 2 saturated carbocycles. The molecule has 0 radical (unpaired) electrons. The van der Waals surface area contributed by atoms with Crippen molar-refractivity contribution in [1.29, 1.82) is 0 Å². The van der Waals surface area contributed by atoms with Crippen LogP contribution >= 0.6 is 11.6 Å². The minimum absolute atomic E-state index is 0.0374. The van der Waals surface area contributed by atoms with Crippen LogP contribution < -0.4 is 5.32 Å². The molecule has 0 atom stereocenters. The van der Waals surface area contributed by atoms with Gasteiger partial charge in [0.05, 0.1) is 12.0 Å². The van der Waals surface area contributed by atoms with Gasteiger partial charge in [-0.1, -0.05) is 43.0 Å². The Morgan fingerprint density at radius 2 is 1.96 bits per heavy atom. The highest BCUT2D eigenvalue weighted by molar-refractivity contribution is 6.30. The van der Waals surface area contributed by atoms with E-state index in [4.69, 9.17) is 11.6 Å². The highest BCUT2D eigenvalue weighted by atomic mass is 35.5. The van der Waals surface area contributed by atoms with Gasteiger partial charge in [0.2, 0.25) is 11.8 Å². The maximum absolute atomic E-state index is 13.3. The zero-order valence-corrected chi connectivity index (χ0v) is 14.9. The lowest BCUT2D eigenvalue weighted by molar-refractivity contribution is -0.140. The number of carbonyl (C=O) groups excluding carboxylic acids is 2. The van der Waals surface area contributed by atoms with Crippen molar-refractivity contribution in [2.24, 2.45) is 0 Å². The Morgan fingerprint density at radius 1 is 1.25 bits per heavy atom. The summed E-state index contributed by atoms with van der Waals surface area (Å²) in [6.07, 6.45) is 6.95. The molecule has 0 aromatic heterocycles. The van der Waals surface area contributed by atoms with Crippen LogP contribution in [0.4, 0.5) is 0 Å². The quantitative estimate of drug-likeness (QED) is 0.887. The second-order valence-electron chi connectivity index (χ2n) is 7.16. The van der Waals surface area contributed by atoms with E-state index >= 15 is 0 Å². The van der Waals surface area contributed by atoms with Crippen LogP contribution in [0.1, 0.15) is 50.5 Å². The summed E-state index contributed by atoms with van der Waals surface area (Å²) in [5.41, 5.74) is 0.437. The molecule has 5 heteroatoms. The standard InChI is InChI=1S/C19H25ClN2O2/c1-22(13-17(23)21-16-8-9-16)18(24)19(10-3-2-4-11-19)14-6-5-7-15(20)12-14/h5-7,12,16H,2-4,8-11,13H2,1H3,(H,21,23). The van der Waals surface area contributed by atoms with Crippen LogP contribution in [0, 0.1) is 0 Å². The third kappa shape index (κ3) is 3.75. The summed E-state index contributed by atoms with van der Waals surface area (Å²) in [6.45, 7) is 0.123. The second-order valence-corrected chi connectivity index (χ2v) is 7.59. The lowest BCUT2D eigenvalue weighted by atomic mass is 9.68. The summed E-state index contributed by atoms with van der Waals surface area (Å²) in [6, 6.07) is 7.95. The van der Waals surface area contributed by atoms with Crippen LogP contribution in [-0.2, 0) is 15.0 Å². The highest BCUT2D eigenvalue weighted by Crippen LogP contribution is 2.41. The molecular weight excluding hydrogens is 324 g/mol. The van der Waals surface area contributed by atoms with Crippen LogP contribution in [-0.4, -0.2) is 36.3 Å². The minimum atomic E-state index is -0.544. The molecule has 2 aliphatic carbocycles. The molecule has 4 nitrogen and oxygen atoms in total. The fourth-order valence-electron chi connectivity index (χ4n) is 3.72. The monoisotopic (exact) mass is 348 g/mol. The summed E-state index contributed by atoms with van der Waals surface area (Å²) in [5, 5.41) is 3.60. The van der Waals surface area contributed by atoms with Crippen molar-refractivity contribution < 1.29 is 9.59 Å². The average molecular weight is 349 g/mol. The Labute approximate surface area is 148 Å². The van der Waals surface area contributed by atoms with Crippen molar-refractivity contribution in [3.8, 4) is 0 Å². The summed E-state index contributed by atoms with van der Waals surface area (Å²) >= 11 is 6.17. The number of nitrogens with zero attached hydrogens (tertiary/aromatic N) is 1. The van der Waals surface area contributed by atoms with Crippen molar-refractivity contribution in [1.82, 2.24) is 10.2 Å². The van der Waals surface area contributed by atoms with E-state index < -0.39 is 5.41 Å². The number of carbonyl (C=O) groups is 2. The Hall–Kier alpha value is -1.55. The maximum Gasteiger partial charge on any atom is 0.239 e. The largest absolute Gasteiger partial charge is 0.352 e. The van der Waals surface area contributed by atoms with E-state index in [-0.39, 0.29) is 18.4 Å². The predicted octanol–water partition coefficient (Wildman–Crippen LogP) is 3.28. The number of amides is 2. The molecule has 2 aliphatic rings. The molecule has 0 aliphatic heterocycles. The van der Waals surface area contributed by atoms with Crippen LogP contribution in [0.5, 0.6) is 0 Å². The number of benzene rings is 1. The molecule has 0 bridgehead atoms. The highest BCUT2D eigenvalue weighted by Gasteiger charge is 2.43. The second kappa shape index (κ2) is 7.14. The Bertz CT molecular complexity index is 622. The number of nitrogens with one attached hydrogen (secondary N) is 1. The van der Waals surface area contributed by atoms with Gasteiger partial charge in [-0.25, -0.2) is 0 Å². The Balaban J connectivity index is 1.79. The van der Waals surface area contributed by atoms with Gasteiger partial charge in [-0.3, -0.25) is 9.59 Å². The summed E-state index contributed by atoms with van der Waals surface area (Å²) in [5.74, 6) is -0.0270. The van der Waals surface area contributed by atoms with Crippen molar-refractivity contribution in [2.75, 3.05) is 13.6 Å². The lowest BCUT2D eigenvalue weighted by Crippen LogP contribution is -2.49. The normalized spacial score (nSPS) is 19.6. The van der Waals surface area contributed by atoms with E-state index in [0.29, 0.717) is 11.1 Å². The fraction of sp³-hybridized carbons (Fsp3) is 0.579. The summed E-state index contributed by atoms with van der Waals surface area (Å²) in [7, 11) is 1.73. The first-order valence-electron chi connectivity index (χ1n) is 8.82. The van der Waals surface area contributed by atoms with Gasteiger partial charge in [-0.2, -0.15) is 0 Å². The molecule has 3 rings (SSSR count). The molecule has 2 amide bonds. The summed E-state index contributed by atoms with van der Waals surface area (Å²) < 4.78 is 0. The van der Waals surface area contributed by atoms with E-state index in [1.165, 1.54) is 0 Å². The molecule has 2 fully saturated rings. The molecule has 0 unspecified atom stereocenters. The van der Waals surface area contributed by atoms with Gasteiger partial charge >= 0.3 is 0 Å². The van der Waals surface area contributed by atoms with Gasteiger partial charge < -0.3 is 10.2 Å². The van der Waals surface area contributed by atoms with Crippen molar-refractivity contribution in [3.05, 3.63) is 34.9 Å². The van der Waals surface area contributed by atoms with Crippen molar-refractivity contribution >= 4 is 23.4 Å². The van der Waals surface area contributed by atoms with Crippen LogP contribution in [0.25, 0.3) is 0 Å². The molecule has 0 heterocycles. The number of rotatable bonds is 5. The average Bonchev–Trinajstić information content (AvgIpc) is 3.38. The summed E-state index contributed by atoms with van der Waals surface area (Å²) in [4.78, 5) is 26.9. The first-order chi connectivity index (χ1) is 11.5. The maximum atomic E-state index is 13.3. The zero-order valence-electron chi connectivity index (χ0n) is 14.2. The van der Waals surface area contributed by atoms with E-state index in [9.17, 15) is 9.59 Å². The van der Waals surface area contributed by atoms with Crippen LogP contribution in [0.3, 0.4) is 0 Å². The molecule has 24 heavy (non-hydrogen) atoms. The van der Waals surface area contributed by atoms with E-state index in [1.807, 2.05) is 24.3 Å². The lowest BCUT2D eigenvalue weighted by Gasteiger charge is -2.39. The Kier molecular flexibility index (Phi) is 5.14. The predicted molar refractivity (Wildman–Crippen MR) is 95.0 cm³/mol. The van der Waals surface area contributed by atoms with Crippen LogP contribution in [0.2, 0.25) is 5.02 Å². The fourth-order valence-corrected chi connectivity index (χ4v) is 3.91. The first kappa shape index (κ1) is 17.3. The van der Waals surface area contributed by atoms with Gasteiger partial charge in [0.1, 0.15) is 0 Å². The van der Waals surface area contributed by atoms with Gasteiger partial charge in [0.15, 0.2) is 0 Å².